The highest BCUT2D eigenvalue weighted by molar-refractivity contribution is 8.18. The second kappa shape index (κ2) is 10.1. The molecule has 0 spiro atoms. The summed E-state index contributed by atoms with van der Waals surface area (Å²) in [6, 6.07) is 11.7. The molecule has 2 aromatic carbocycles. The molecule has 1 aliphatic heterocycles. The predicted octanol–water partition coefficient (Wildman–Crippen LogP) is 3.45. The second-order valence-electron chi connectivity index (χ2n) is 7.09. The Kier molecular flexibility index (Phi) is 7.44. The lowest BCUT2D eigenvalue weighted by Crippen LogP contribution is -2.35. The van der Waals surface area contributed by atoms with E-state index in [0.717, 1.165) is 4.90 Å². The van der Waals surface area contributed by atoms with E-state index in [1.807, 2.05) is 0 Å². The molecule has 9 nitrogen and oxygen atoms in total. The summed E-state index contributed by atoms with van der Waals surface area (Å²) in [5.41, 5.74) is 0.541. The van der Waals surface area contributed by atoms with Crippen molar-refractivity contribution in [2.24, 2.45) is 0 Å². The quantitative estimate of drug-likeness (QED) is 0.311. The van der Waals surface area contributed by atoms with Crippen molar-refractivity contribution in [3.8, 4) is 11.5 Å². The molecule has 2 aromatic rings. The van der Waals surface area contributed by atoms with Crippen LogP contribution in [0, 0.1) is 0 Å². The summed E-state index contributed by atoms with van der Waals surface area (Å²) < 4.78 is 40.0. The van der Waals surface area contributed by atoms with Gasteiger partial charge in [-0.1, -0.05) is 12.1 Å². The summed E-state index contributed by atoms with van der Waals surface area (Å²) in [6.07, 6.45) is 1.11. The molecule has 1 saturated heterocycles. The first kappa shape index (κ1) is 24.3. The van der Waals surface area contributed by atoms with E-state index < -0.39 is 33.8 Å². The fourth-order valence-electron chi connectivity index (χ4n) is 2.75. The number of hydrogen-bond donors (Lipinski definition) is 0. The fourth-order valence-corrected chi connectivity index (χ4v) is 4.52. The Hall–Kier alpha value is -3.31. The molecule has 0 atom stereocenters. The van der Waals surface area contributed by atoms with Gasteiger partial charge in [0.1, 0.15) is 22.9 Å². The number of hydrogen-bond acceptors (Lipinski definition) is 9. The maximum absolute atomic E-state index is 12.5. The monoisotopic (exact) mass is 491 g/mol. The molecule has 1 aliphatic rings. The van der Waals surface area contributed by atoms with Crippen molar-refractivity contribution >= 4 is 45.1 Å². The number of thioether (sulfide) groups is 1. The first-order valence-electron chi connectivity index (χ1n) is 9.72. The number of esters is 1. The van der Waals surface area contributed by atoms with Crippen LogP contribution in [0.1, 0.15) is 19.4 Å². The predicted molar refractivity (Wildman–Crippen MR) is 121 cm³/mol. The Morgan fingerprint density at radius 2 is 1.64 bits per heavy atom. The van der Waals surface area contributed by atoms with Crippen LogP contribution in [0.4, 0.5) is 4.79 Å². The average Bonchev–Trinajstić information content (AvgIpc) is 3.01. The van der Waals surface area contributed by atoms with Crippen molar-refractivity contribution in [1.82, 2.24) is 4.90 Å². The molecule has 0 radical (unpaired) electrons. The van der Waals surface area contributed by atoms with Crippen LogP contribution >= 0.6 is 11.8 Å². The van der Waals surface area contributed by atoms with Crippen LogP contribution in [0.3, 0.4) is 0 Å². The SMILES string of the molecule is COc1ccc(S(=O)(=O)Oc2ccc(/C=C3\SC(=O)N(CC(=O)OC(C)C)C3=O)cc2)cc1. The zero-order chi connectivity index (χ0) is 24.2. The van der Waals surface area contributed by atoms with E-state index in [1.54, 1.807) is 26.0 Å². The van der Waals surface area contributed by atoms with E-state index >= 15 is 0 Å². The molecule has 11 heteroatoms. The Bertz CT molecular complexity index is 1190. The first-order chi connectivity index (χ1) is 15.6. The van der Waals surface area contributed by atoms with Gasteiger partial charge in [-0.15, -0.1) is 0 Å². The van der Waals surface area contributed by atoms with Crippen molar-refractivity contribution in [1.29, 1.82) is 0 Å². The van der Waals surface area contributed by atoms with Crippen molar-refractivity contribution in [3.63, 3.8) is 0 Å². The number of benzene rings is 2. The van der Waals surface area contributed by atoms with E-state index in [4.69, 9.17) is 13.7 Å². The Morgan fingerprint density at radius 3 is 2.21 bits per heavy atom. The third-order valence-electron chi connectivity index (χ3n) is 4.26. The molecule has 0 saturated carbocycles. The highest BCUT2D eigenvalue weighted by Gasteiger charge is 2.36. The standard InChI is InChI=1S/C22H21NO8S2/c1-14(2)30-20(24)13-23-21(25)19(32-22(23)26)12-15-4-6-17(7-5-15)31-33(27,28)18-10-8-16(29-3)9-11-18/h4-12,14H,13H2,1-3H3/b19-12-. The number of imide groups is 1. The molecule has 33 heavy (non-hydrogen) atoms. The first-order valence-corrected chi connectivity index (χ1v) is 11.9. The number of carbonyl (C=O) groups is 3. The van der Waals surface area contributed by atoms with E-state index in [2.05, 4.69) is 0 Å². The lowest BCUT2D eigenvalue weighted by Gasteiger charge is -2.13. The van der Waals surface area contributed by atoms with E-state index in [9.17, 15) is 22.8 Å². The van der Waals surface area contributed by atoms with Crippen LogP contribution < -0.4 is 8.92 Å². The minimum atomic E-state index is -4.04. The minimum absolute atomic E-state index is 0.0305. The summed E-state index contributed by atoms with van der Waals surface area (Å²) in [5, 5.41) is -0.572. The van der Waals surface area contributed by atoms with Crippen molar-refractivity contribution in [2.45, 2.75) is 24.8 Å². The maximum atomic E-state index is 12.5. The van der Waals surface area contributed by atoms with Gasteiger partial charge in [0.05, 0.1) is 18.1 Å². The maximum Gasteiger partial charge on any atom is 0.339 e. The van der Waals surface area contributed by atoms with Gasteiger partial charge in [-0.3, -0.25) is 19.3 Å². The van der Waals surface area contributed by atoms with Gasteiger partial charge in [-0.25, -0.2) is 0 Å². The van der Waals surface area contributed by atoms with Crippen LogP contribution in [-0.2, 0) is 24.4 Å². The second-order valence-corrected chi connectivity index (χ2v) is 9.63. The number of amides is 2. The molecule has 0 bridgehead atoms. The van der Waals surface area contributed by atoms with Crippen molar-refractivity contribution < 1.29 is 36.5 Å². The lowest BCUT2D eigenvalue weighted by molar-refractivity contribution is -0.149. The van der Waals surface area contributed by atoms with Gasteiger partial charge in [0.2, 0.25) is 0 Å². The molecule has 3 rings (SSSR count). The van der Waals surface area contributed by atoms with Crippen LogP contribution in [0.25, 0.3) is 6.08 Å². The molecule has 0 aliphatic carbocycles. The molecular formula is C22H21NO8S2. The largest absolute Gasteiger partial charge is 0.497 e. The topological polar surface area (TPSA) is 116 Å². The molecule has 1 heterocycles. The molecule has 2 amide bonds. The average molecular weight is 492 g/mol. The van der Waals surface area contributed by atoms with Crippen LogP contribution in [0.5, 0.6) is 11.5 Å². The van der Waals surface area contributed by atoms with Gasteiger partial charge >= 0.3 is 16.1 Å². The summed E-state index contributed by atoms with van der Waals surface area (Å²) in [6.45, 7) is 2.87. The smallest absolute Gasteiger partial charge is 0.339 e. The summed E-state index contributed by atoms with van der Waals surface area (Å²) in [5.74, 6) is -0.687. The van der Waals surface area contributed by atoms with E-state index in [0.29, 0.717) is 23.1 Å². The van der Waals surface area contributed by atoms with Crippen LogP contribution in [0.2, 0.25) is 0 Å². The summed E-state index contributed by atoms with van der Waals surface area (Å²) in [4.78, 5) is 37.3. The highest BCUT2D eigenvalue weighted by Crippen LogP contribution is 2.32. The molecule has 0 unspecified atom stereocenters. The van der Waals surface area contributed by atoms with Gasteiger partial charge in [-0.2, -0.15) is 8.42 Å². The number of methoxy groups -OCH3 is 1. The van der Waals surface area contributed by atoms with Gasteiger partial charge in [0.25, 0.3) is 11.1 Å². The third-order valence-corrected chi connectivity index (χ3v) is 6.43. The zero-order valence-corrected chi connectivity index (χ0v) is 19.6. The van der Waals surface area contributed by atoms with Gasteiger partial charge in [0, 0.05) is 0 Å². The van der Waals surface area contributed by atoms with Crippen molar-refractivity contribution in [3.05, 3.63) is 59.0 Å². The van der Waals surface area contributed by atoms with E-state index in [-0.39, 0.29) is 21.7 Å². The molecule has 0 aromatic heterocycles. The molecule has 174 valence electrons. The normalized spacial score (nSPS) is 15.3. The van der Waals surface area contributed by atoms with Crippen molar-refractivity contribution in [2.75, 3.05) is 13.7 Å². The fraction of sp³-hybridized carbons (Fsp3) is 0.227. The van der Waals surface area contributed by atoms with Gasteiger partial charge < -0.3 is 13.7 Å². The minimum Gasteiger partial charge on any atom is -0.497 e. The highest BCUT2D eigenvalue weighted by atomic mass is 32.2. The summed E-state index contributed by atoms with van der Waals surface area (Å²) >= 11 is 0.705. The number of ether oxygens (including phenoxy) is 2. The number of carbonyl (C=O) groups excluding carboxylic acids is 3. The Balaban J connectivity index is 1.69. The number of nitrogens with zero attached hydrogens (tertiary/aromatic N) is 1. The summed E-state index contributed by atoms with van der Waals surface area (Å²) in [7, 11) is -2.57. The molecule has 1 fully saturated rings. The molecule has 0 N–H and O–H groups in total. The Morgan fingerprint density at radius 1 is 1.03 bits per heavy atom. The zero-order valence-electron chi connectivity index (χ0n) is 18.0. The Labute approximate surface area is 195 Å². The van der Waals surface area contributed by atoms with Crippen LogP contribution in [0.15, 0.2) is 58.3 Å². The van der Waals surface area contributed by atoms with Gasteiger partial charge in [0.15, 0.2) is 0 Å². The van der Waals surface area contributed by atoms with E-state index in [1.165, 1.54) is 49.6 Å². The third kappa shape index (κ3) is 6.14. The van der Waals surface area contributed by atoms with Gasteiger partial charge in [-0.05, 0) is 73.6 Å². The lowest BCUT2D eigenvalue weighted by atomic mass is 10.2. The molecular weight excluding hydrogens is 470 g/mol. The van der Waals surface area contributed by atoms with Crippen LogP contribution in [-0.4, -0.2) is 50.2 Å². The number of rotatable bonds is 8.